The first kappa shape index (κ1) is 7.92. The van der Waals surface area contributed by atoms with Crippen LogP contribution in [0.25, 0.3) is 0 Å². The number of nitrogens with one attached hydrogen (secondary N) is 1. The van der Waals surface area contributed by atoms with Gasteiger partial charge in [-0.25, -0.2) is 0 Å². The monoisotopic (exact) mass is 116 g/mol. The summed E-state index contributed by atoms with van der Waals surface area (Å²) in [5, 5.41) is 0. The summed E-state index contributed by atoms with van der Waals surface area (Å²) in [6.07, 6.45) is 2.30. The lowest BCUT2D eigenvalue weighted by Crippen LogP contribution is -2.00. The van der Waals surface area contributed by atoms with Crippen LogP contribution < -0.4 is 5.73 Å². The van der Waals surface area contributed by atoms with Gasteiger partial charge >= 0.3 is 0 Å². The Labute approximate surface area is 51.0 Å². The molecule has 0 unspecified atom stereocenters. The Hall–Kier alpha value is -0.0800. The number of hydrogen-bond donors (Lipinski definition) is 0. The fourth-order valence-electron chi connectivity index (χ4n) is 0.421. The molecule has 0 saturated carbocycles. The van der Waals surface area contributed by atoms with Gasteiger partial charge in [-0.05, 0) is 6.42 Å². The van der Waals surface area contributed by atoms with Gasteiger partial charge in [0.1, 0.15) is 0 Å². The fraction of sp³-hybridized carbons (Fsp3) is 1.00. The van der Waals surface area contributed by atoms with Gasteiger partial charge in [-0.1, -0.05) is 13.3 Å². The molecule has 0 rings (SSSR count). The van der Waals surface area contributed by atoms with Gasteiger partial charge in [0, 0.05) is 13.2 Å². The van der Waals surface area contributed by atoms with E-state index in [4.69, 9.17) is 10.5 Å². The van der Waals surface area contributed by atoms with Crippen LogP contribution in [-0.4, -0.2) is 19.8 Å². The van der Waals surface area contributed by atoms with Crippen molar-refractivity contribution in [1.82, 2.24) is 5.73 Å². The Morgan fingerprint density at radius 2 is 2.12 bits per heavy atom. The van der Waals surface area contributed by atoms with Crippen molar-refractivity contribution in [3.05, 3.63) is 0 Å². The van der Waals surface area contributed by atoms with Crippen LogP contribution in [0.4, 0.5) is 0 Å². The summed E-state index contributed by atoms with van der Waals surface area (Å²) in [5.41, 5.74) is 6.71. The van der Waals surface area contributed by atoms with Crippen molar-refractivity contribution < 1.29 is 4.74 Å². The topological polar surface area (TPSA) is 33.0 Å². The van der Waals surface area contributed by atoms with Gasteiger partial charge in [-0.2, -0.15) is 0 Å². The summed E-state index contributed by atoms with van der Waals surface area (Å²) >= 11 is 0. The van der Waals surface area contributed by atoms with E-state index in [1.807, 2.05) is 0 Å². The van der Waals surface area contributed by atoms with E-state index < -0.39 is 0 Å². The van der Waals surface area contributed by atoms with Crippen molar-refractivity contribution >= 4 is 0 Å². The summed E-state index contributed by atoms with van der Waals surface area (Å²) in [6.45, 7) is 3.95. The predicted molar refractivity (Wildman–Crippen MR) is 33.7 cm³/mol. The average molecular weight is 116 g/mol. The largest absolute Gasteiger partial charge is 0.380 e. The lowest BCUT2D eigenvalue weighted by Gasteiger charge is -1.97. The van der Waals surface area contributed by atoms with Gasteiger partial charge in [0.15, 0.2) is 0 Å². The highest BCUT2D eigenvalue weighted by Gasteiger charge is 1.82. The van der Waals surface area contributed by atoms with Crippen molar-refractivity contribution in [2.24, 2.45) is 0 Å². The molecule has 1 N–H and O–H groups in total. The molecule has 2 heteroatoms. The maximum atomic E-state index is 6.71. The number of hydrogen-bond acceptors (Lipinski definition) is 1. The van der Waals surface area contributed by atoms with E-state index in [9.17, 15) is 0 Å². The van der Waals surface area contributed by atoms with Crippen LogP contribution in [0.5, 0.6) is 0 Å². The maximum absolute atomic E-state index is 6.71. The minimum atomic E-state index is 0.393. The number of rotatable bonds is 5. The zero-order chi connectivity index (χ0) is 6.24. The standard InChI is InChI=1S/C6H14NO/c1-2-3-5-8-6-4-7/h7H,2-6H2,1H3. The fourth-order valence-corrected chi connectivity index (χ4v) is 0.421. The second-order valence-electron chi connectivity index (χ2n) is 1.72. The summed E-state index contributed by atoms with van der Waals surface area (Å²) < 4.78 is 5.04. The predicted octanol–water partition coefficient (Wildman–Crippen LogP) is 1.09. The van der Waals surface area contributed by atoms with Crippen LogP contribution in [0.3, 0.4) is 0 Å². The van der Waals surface area contributed by atoms with Gasteiger partial charge in [0.2, 0.25) is 0 Å². The van der Waals surface area contributed by atoms with Crippen LogP contribution in [-0.2, 0) is 4.74 Å². The van der Waals surface area contributed by atoms with E-state index in [1.165, 1.54) is 6.42 Å². The number of ether oxygens (including phenoxy) is 1. The lowest BCUT2D eigenvalue weighted by molar-refractivity contribution is 0.137. The molecule has 0 aromatic rings. The minimum absolute atomic E-state index is 0.393. The highest BCUT2D eigenvalue weighted by molar-refractivity contribution is 4.32. The van der Waals surface area contributed by atoms with Gasteiger partial charge in [0.05, 0.1) is 6.61 Å². The molecule has 49 valence electrons. The average Bonchev–Trinajstić information content (AvgIpc) is 1.81. The quantitative estimate of drug-likeness (QED) is 0.495. The van der Waals surface area contributed by atoms with Crippen molar-refractivity contribution in [3.63, 3.8) is 0 Å². The van der Waals surface area contributed by atoms with Gasteiger partial charge in [-0.3, -0.25) is 5.73 Å². The molecule has 0 saturated heterocycles. The first-order valence-corrected chi connectivity index (χ1v) is 3.14. The Balaban J connectivity index is 2.53. The molecule has 0 aliphatic heterocycles. The van der Waals surface area contributed by atoms with Crippen molar-refractivity contribution in [3.8, 4) is 0 Å². The van der Waals surface area contributed by atoms with Gasteiger partial charge in [0.25, 0.3) is 0 Å². The highest BCUT2D eigenvalue weighted by atomic mass is 16.5. The molecule has 0 heterocycles. The number of unbranched alkanes of at least 4 members (excludes halogenated alkanes) is 1. The van der Waals surface area contributed by atoms with E-state index in [1.54, 1.807) is 0 Å². The Bertz CT molecular complexity index is 33.5. The second kappa shape index (κ2) is 6.92. The first-order valence-electron chi connectivity index (χ1n) is 3.14. The summed E-state index contributed by atoms with van der Waals surface area (Å²) in [4.78, 5) is 0. The van der Waals surface area contributed by atoms with Crippen molar-refractivity contribution in [2.45, 2.75) is 19.8 Å². The summed E-state index contributed by atoms with van der Waals surface area (Å²) in [5.74, 6) is 0. The zero-order valence-corrected chi connectivity index (χ0v) is 5.44. The third-order valence-electron chi connectivity index (χ3n) is 0.889. The van der Waals surface area contributed by atoms with Crippen LogP contribution in [0.2, 0.25) is 0 Å². The van der Waals surface area contributed by atoms with Crippen LogP contribution >= 0.6 is 0 Å². The highest BCUT2D eigenvalue weighted by Crippen LogP contribution is 1.85. The minimum Gasteiger partial charge on any atom is -0.380 e. The molecule has 0 bridgehead atoms. The Morgan fingerprint density at radius 3 is 2.62 bits per heavy atom. The van der Waals surface area contributed by atoms with Crippen molar-refractivity contribution in [1.29, 1.82) is 0 Å². The molecule has 8 heavy (non-hydrogen) atoms. The lowest BCUT2D eigenvalue weighted by atomic mass is 10.4. The molecule has 0 fully saturated rings. The smallest absolute Gasteiger partial charge is 0.0604 e. The zero-order valence-electron chi connectivity index (χ0n) is 5.44. The van der Waals surface area contributed by atoms with Gasteiger partial charge in [-0.15, -0.1) is 0 Å². The summed E-state index contributed by atoms with van der Waals surface area (Å²) in [7, 11) is 0. The van der Waals surface area contributed by atoms with E-state index in [2.05, 4.69) is 6.92 Å². The van der Waals surface area contributed by atoms with Gasteiger partial charge < -0.3 is 4.74 Å². The first-order chi connectivity index (χ1) is 3.91. The van der Waals surface area contributed by atoms with Crippen molar-refractivity contribution in [2.75, 3.05) is 19.8 Å². The third kappa shape index (κ3) is 5.92. The van der Waals surface area contributed by atoms with Crippen LogP contribution in [0.1, 0.15) is 19.8 Å². The molecule has 0 aromatic carbocycles. The molecule has 0 aromatic heterocycles. The molecular formula is C6H14NO. The Kier molecular flexibility index (Phi) is 6.85. The molecular weight excluding hydrogens is 102 g/mol. The second-order valence-corrected chi connectivity index (χ2v) is 1.72. The van der Waals surface area contributed by atoms with E-state index in [0.29, 0.717) is 13.2 Å². The molecule has 0 amide bonds. The maximum Gasteiger partial charge on any atom is 0.0604 e. The summed E-state index contributed by atoms with van der Waals surface area (Å²) in [6, 6.07) is 0. The normalized spacial score (nSPS) is 9.75. The van der Waals surface area contributed by atoms with Crippen LogP contribution in [0.15, 0.2) is 0 Å². The SMILES string of the molecule is CCCCOCC[NH]. The molecule has 2 nitrogen and oxygen atoms in total. The molecule has 1 radical (unpaired) electrons. The Morgan fingerprint density at radius 1 is 1.38 bits per heavy atom. The molecule has 0 aliphatic carbocycles. The van der Waals surface area contributed by atoms with E-state index in [-0.39, 0.29) is 0 Å². The molecule has 0 aliphatic rings. The van der Waals surface area contributed by atoms with E-state index >= 15 is 0 Å². The van der Waals surface area contributed by atoms with E-state index in [0.717, 1.165) is 13.0 Å². The molecule has 0 atom stereocenters. The van der Waals surface area contributed by atoms with Crippen LogP contribution in [0, 0.1) is 0 Å². The third-order valence-corrected chi connectivity index (χ3v) is 0.889. The molecule has 0 spiro atoms.